The summed E-state index contributed by atoms with van der Waals surface area (Å²) >= 11 is 3.51. The van der Waals surface area contributed by atoms with Gasteiger partial charge in [0.25, 0.3) is 0 Å². The van der Waals surface area contributed by atoms with E-state index in [0.29, 0.717) is 12.1 Å². The number of benzene rings is 1. The molecule has 1 aliphatic heterocycles. The van der Waals surface area contributed by atoms with Crippen molar-refractivity contribution in [2.75, 3.05) is 26.2 Å². The van der Waals surface area contributed by atoms with Gasteiger partial charge in [-0.1, -0.05) is 41.9 Å². The van der Waals surface area contributed by atoms with Crippen molar-refractivity contribution < 1.29 is 0 Å². The van der Waals surface area contributed by atoms with Crippen LogP contribution in [0, 0.1) is 0 Å². The Morgan fingerprint density at radius 1 is 1.29 bits per heavy atom. The van der Waals surface area contributed by atoms with Gasteiger partial charge in [0.2, 0.25) is 0 Å². The van der Waals surface area contributed by atoms with Crippen molar-refractivity contribution in [3.63, 3.8) is 0 Å². The van der Waals surface area contributed by atoms with Gasteiger partial charge in [-0.15, -0.1) is 0 Å². The maximum atomic E-state index is 6.31. The van der Waals surface area contributed by atoms with Gasteiger partial charge >= 0.3 is 0 Å². The number of halogens is 1. The first-order chi connectivity index (χ1) is 10.1. The van der Waals surface area contributed by atoms with Crippen LogP contribution in [0.2, 0.25) is 0 Å². The van der Waals surface area contributed by atoms with E-state index >= 15 is 0 Å². The van der Waals surface area contributed by atoms with Crippen LogP contribution in [-0.4, -0.2) is 48.1 Å². The van der Waals surface area contributed by atoms with E-state index in [1.165, 1.54) is 12.0 Å². The van der Waals surface area contributed by atoms with E-state index in [-0.39, 0.29) is 6.04 Å². The maximum absolute atomic E-state index is 6.31. The lowest BCUT2D eigenvalue weighted by Gasteiger charge is -2.33. The summed E-state index contributed by atoms with van der Waals surface area (Å²) in [5.74, 6) is 0. The molecule has 2 N–H and O–H groups in total. The topological polar surface area (TPSA) is 32.5 Å². The molecule has 0 saturated carbocycles. The van der Waals surface area contributed by atoms with Crippen LogP contribution in [0.25, 0.3) is 0 Å². The minimum atomic E-state index is 0.140. The van der Waals surface area contributed by atoms with E-state index in [1.807, 2.05) is 0 Å². The van der Waals surface area contributed by atoms with Crippen LogP contribution in [0.3, 0.4) is 0 Å². The number of likely N-dealkylation sites (N-methyl/N-ethyl adjacent to an activating group) is 1. The summed E-state index contributed by atoms with van der Waals surface area (Å²) in [6.45, 7) is 11.2. The molecule has 1 aliphatic rings. The van der Waals surface area contributed by atoms with Gasteiger partial charge in [-0.2, -0.15) is 0 Å². The molecule has 1 aromatic carbocycles. The molecular formula is C17H28BrN3. The Morgan fingerprint density at radius 2 is 1.90 bits per heavy atom. The molecule has 118 valence electrons. The minimum Gasteiger partial charge on any atom is -0.326 e. The fourth-order valence-corrected chi connectivity index (χ4v) is 3.83. The Morgan fingerprint density at radius 3 is 2.43 bits per heavy atom. The van der Waals surface area contributed by atoms with Gasteiger partial charge in [-0.3, -0.25) is 9.80 Å². The van der Waals surface area contributed by atoms with Gasteiger partial charge in [-0.05, 0) is 44.1 Å². The average molecular weight is 354 g/mol. The third kappa shape index (κ3) is 4.07. The van der Waals surface area contributed by atoms with E-state index < -0.39 is 0 Å². The Balaban J connectivity index is 2.11. The van der Waals surface area contributed by atoms with Gasteiger partial charge in [0.15, 0.2) is 0 Å². The SMILES string of the molecule is CCN(CC)C1CCN(C(c2ccc(Br)cc2)C(C)N)C1. The Labute approximate surface area is 137 Å². The molecule has 3 atom stereocenters. The minimum absolute atomic E-state index is 0.140. The third-order valence-corrected chi connectivity index (χ3v) is 5.16. The van der Waals surface area contributed by atoms with Gasteiger partial charge in [-0.25, -0.2) is 0 Å². The Bertz CT molecular complexity index is 428. The van der Waals surface area contributed by atoms with Crippen molar-refractivity contribution in [3.05, 3.63) is 34.3 Å². The Hall–Kier alpha value is -0.420. The van der Waals surface area contributed by atoms with Gasteiger partial charge in [0.1, 0.15) is 0 Å². The number of hydrogen-bond donors (Lipinski definition) is 1. The first-order valence-corrected chi connectivity index (χ1v) is 8.85. The molecule has 1 heterocycles. The predicted molar refractivity (Wildman–Crippen MR) is 93.4 cm³/mol. The number of nitrogens with zero attached hydrogens (tertiary/aromatic N) is 2. The molecule has 3 unspecified atom stereocenters. The molecule has 0 aliphatic carbocycles. The number of rotatable bonds is 6. The fourth-order valence-electron chi connectivity index (χ4n) is 3.57. The van der Waals surface area contributed by atoms with Crippen LogP contribution < -0.4 is 5.73 Å². The van der Waals surface area contributed by atoms with E-state index in [0.717, 1.165) is 30.7 Å². The Kier molecular flexibility index (Phi) is 6.23. The highest BCUT2D eigenvalue weighted by Crippen LogP contribution is 2.29. The first kappa shape index (κ1) is 16.9. The first-order valence-electron chi connectivity index (χ1n) is 8.06. The van der Waals surface area contributed by atoms with Crippen molar-refractivity contribution in [1.29, 1.82) is 0 Å². The molecule has 3 nitrogen and oxygen atoms in total. The molecule has 4 heteroatoms. The second kappa shape index (κ2) is 7.73. The summed E-state index contributed by atoms with van der Waals surface area (Å²) in [5, 5.41) is 0. The van der Waals surface area contributed by atoms with Crippen molar-refractivity contribution in [2.45, 2.75) is 45.3 Å². The number of nitrogens with two attached hydrogens (primary N) is 1. The zero-order valence-corrected chi connectivity index (χ0v) is 15.0. The molecule has 1 saturated heterocycles. The fraction of sp³-hybridized carbons (Fsp3) is 0.647. The van der Waals surface area contributed by atoms with Crippen molar-refractivity contribution in [3.8, 4) is 0 Å². The second-order valence-corrected chi connectivity index (χ2v) is 6.93. The average Bonchev–Trinajstić information content (AvgIpc) is 2.91. The lowest BCUT2D eigenvalue weighted by Crippen LogP contribution is -2.41. The monoisotopic (exact) mass is 353 g/mol. The van der Waals surface area contributed by atoms with Gasteiger partial charge in [0, 0.05) is 35.7 Å². The smallest absolute Gasteiger partial charge is 0.0497 e. The number of likely N-dealkylation sites (tertiary alicyclic amines) is 1. The highest BCUT2D eigenvalue weighted by molar-refractivity contribution is 9.10. The molecule has 2 rings (SSSR count). The lowest BCUT2D eigenvalue weighted by molar-refractivity contribution is 0.176. The van der Waals surface area contributed by atoms with Crippen molar-refractivity contribution in [2.24, 2.45) is 5.73 Å². The molecule has 0 amide bonds. The van der Waals surface area contributed by atoms with Crippen LogP contribution in [0.15, 0.2) is 28.7 Å². The van der Waals surface area contributed by atoms with Crippen LogP contribution in [0.4, 0.5) is 0 Å². The molecular weight excluding hydrogens is 326 g/mol. The summed E-state index contributed by atoms with van der Waals surface area (Å²) < 4.78 is 1.12. The standard InChI is InChI=1S/C17H28BrN3/c1-4-20(5-2)16-10-11-21(12-16)17(13(3)19)14-6-8-15(18)9-7-14/h6-9,13,16-17H,4-5,10-12,19H2,1-3H3. The largest absolute Gasteiger partial charge is 0.326 e. The number of hydrogen-bond acceptors (Lipinski definition) is 3. The van der Waals surface area contributed by atoms with Crippen LogP contribution >= 0.6 is 15.9 Å². The molecule has 0 aromatic heterocycles. The third-order valence-electron chi connectivity index (χ3n) is 4.63. The van der Waals surface area contributed by atoms with E-state index in [9.17, 15) is 0 Å². The van der Waals surface area contributed by atoms with Gasteiger partial charge in [0.05, 0.1) is 0 Å². The summed E-state index contributed by atoms with van der Waals surface area (Å²) in [6.07, 6.45) is 1.25. The highest BCUT2D eigenvalue weighted by atomic mass is 79.9. The molecule has 1 aromatic rings. The highest BCUT2D eigenvalue weighted by Gasteiger charge is 2.32. The molecule has 1 fully saturated rings. The second-order valence-electron chi connectivity index (χ2n) is 6.01. The quantitative estimate of drug-likeness (QED) is 0.851. The van der Waals surface area contributed by atoms with Crippen LogP contribution in [0.5, 0.6) is 0 Å². The van der Waals surface area contributed by atoms with Gasteiger partial charge < -0.3 is 5.73 Å². The summed E-state index contributed by atoms with van der Waals surface area (Å²) in [6, 6.07) is 9.76. The molecule has 0 bridgehead atoms. The summed E-state index contributed by atoms with van der Waals surface area (Å²) in [4.78, 5) is 5.14. The van der Waals surface area contributed by atoms with Crippen LogP contribution in [-0.2, 0) is 0 Å². The molecule has 0 radical (unpaired) electrons. The molecule has 0 spiro atoms. The maximum Gasteiger partial charge on any atom is 0.0497 e. The summed E-state index contributed by atoms with van der Waals surface area (Å²) in [5.41, 5.74) is 7.63. The normalized spacial score (nSPS) is 22.7. The summed E-state index contributed by atoms with van der Waals surface area (Å²) in [7, 11) is 0. The van der Waals surface area contributed by atoms with Crippen molar-refractivity contribution >= 4 is 15.9 Å². The zero-order valence-electron chi connectivity index (χ0n) is 13.4. The lowest BCUT2D eigenvalue weighted by atomic mass is 9.99. The van der Waals surface area contributed by atoms with Crippen LogP contribution in [0.1, 0.15) is 38.8 Å². The van der Waals surface area contributed by atoms with E-state index in [1.54, 1.807) is 0 Å². The van der Waals surface area contributed by atoms with E-state index in [4.69, 9.17) is 5.73 Å². The predicted octanol–water partition coefficient (Wildman–Crippen LogP) is 3.25. The molecule has 21 heavy (non-hydrogen) atoms. The van der Waals surface area contributed by atoms with E-state index in [2.05, 4.69) is 70.8 Å². The van der Waals surface area contributed by atoms with Crippen molar-refractivity contribution in [1.82, 2.24) is 9.80 Å². The zero-order chi connectivity index (χ0) is 15.4.